The summed E-state index contributed by atoms with van der Waals surface area (Å²) in [6, 6.07) is 8.12. The molecule has 7 heteroatoms. The van der Waals surface area contributed by atoms with Crippen LogP contribution < -0.4 is 10.6 Å². The quantitative estimate of drug-likeness (QED) is 0.384. The second kappa shape index (κ2) is 8.96. The number of urea groups is 1. The Labute approximate surface area is 180 Å². The first-order valence-electron chi connectivity index (χ1n) is 10.3. The number of hydrogen-bond acceptors (Lipinski definition) is 3. The molecule has 2 heterocycles. The Hall–Kier alpha value is -2.73. The molecule has 1 saturated carbocycles. The maximum absolute atomic E-state index is 14.4. The largest absolute Gasteiger partial charge is 0.335 e. The van der Waals surface area contributed by atoms with Crippen LogP contribution in [0.25, 0.3) is 22.0 Å². The van der Waals surface area contributed by atoms with Gasteiger partial charge in [-0.1, -0.05) is 43.4 Å². The van der Waals surface area contributed by atoms with Crippen LogP contribution in [-0.2, 0) is 0 Å². The standard InChI is InChI=1S/C23H24ClFN4O/c1-14-18(10-16-13-26-22(24)12-20(16)27-14)15-8-9-19(25)21(11-15)29-23(30)28-17-6-4-2-3-5-7-17/h8-13,17H,2-7H2,1H3,(H2,28,29,30). The lowest BCUT2D eigenvalue weighted by Crippen LogP contribution is -2.37. The second-order valence-electron chi connectivity index (χ2n) is 7.80. The van der Waals surface area contributed by atoms with Gasteiger partial charge in [0.05, 0.1) is 11.2 Å². The van der Waals surface area contributed by atoms with E-state index in [1.807, 2.05) is 13.0 Å². The van der Waals surface area contributed by atoms with Crippen molar-refractivity contribution in [3.05, 3.63) is 53.2 Å². The Morgan fingerprint density at radius 3 is 2.67 bits per heavy atom. The minimum absolute atomic E-state index is 0.144. The van der Waals surface area contributed by atoms with Gasteiger partial charge in [0, 0.05) is 34.9 Å². The number of anilines is 1. The van der Waals surface area contributed by atoms with Crippen molar-refractivity contribution in [1.29, 1.82) is 0 Å². The molecule has 2 N–H and O–H groups in total. The third-order valence-electron chi connectivity index (χ3n) is 5.57. The molecule has 3 aromatic rings. The van der Waals surface area contributed by atoms with Crippen molar-refractivity contribution in [3.8, 4) is 11.1 Å². The fraction of sp³-hybridized carbons (Fsp3) is 0.348. The number of halogens is 2. The monoisotopic (exact) mass is 426 g/mol. The summed E-state index contributed by atoms with van der Waals surface area (Å²) in [7, 11) is 0. The van der Waals surface area contributed by atoms with E-state index < -0.39 is 5.82 Å². The van der Waals surface area contributed by atoms with Gasteiger partial charge in [0.2, 0.25) is 0 Å². The van der Waals surface area contributed by atoms with Crippen LogP contribution in [0.3, 0.4) is 0 Å². The molecule has 156 valence electrons. The molecule has 0 spiro atoms. The Kier molecular flexibility index (Phi) is 6.13. The molecule has 1 aliphatic carbocycles. The lowest BCUT2D eigenvalue weighted by atomic mass is 10.0. The Bertz CT molecular complexity index is 1080. The Morgan fingerprint density at radius 1 is 1.13 bits per heavy atom. The van der Waals surface area contributed by atoms with Crippen LogP contribution in [0.5, 0.6) is 0 Å². The second-order valence-corrected chi connectivity index (χ2v) is 8.19. The highest BCUT2D eigenvalue weighted by molar-refractivity contribution is 6.30. The topological polar surface area (TPSA) is 66.9 Å². The SMILES string of the molecule is Cc1nc2cc(Cl)ncc2cc1-c1ccc(F)c(NC(=O)NC2CCCCCC2)c1. The van der Waals surface area contributed by atoms with E-state index in [0.29, 0.717) is 5.15 Å². The average Bonchev–Trinajstić information content (AvgIpc) is 2.98. The molecule has 2 amide bonds. The van der Waals surface area contributed by atoms with Gasteiger partial charge in [-0.05, 0) is 43.5 Å². The molecule has 0 unspecified atom stereocenters. The number of carbonyl (C=O) groups excluding carboxylic acids is 1. The highest BCUT2D eigenvalue weighted by Gasteiger charge is 2.16. The van der Waals surface area contributed by atoms with E-state index in [1.165, 1.54) is 18.9 Å². The van der Waals surface area contributed by atoms with E-state index in [1.54, 1.807) is 24.4 Å². The number of nitrogens with zero attached hydrogens (tertiary/aromatic N) is 2. The van der Waals surface area contributed by atoms with E-state index >= 15 is 0 Å². The molecule has 5 nitrogen and oxygen atoms in total. The maximum atomic E-state index is 14.4. The molecule has 1 aromatic carbocycles. The minimum Gasteiger partial charge on any atom is -0.335 e. The molecule has 30 heavy (non-hydrogen) atoms. The minimum atomic E-state index is -0.477. The molecule has 1 fully saturated rings. The third kappa shape index (κ3) is 4.70. The number of pyridine rings is 2. The lowest BCUT2D eigenvalue weighted by molar-refractivity contribution is 0.247. The molecule has 4 rings (SSSR count). The number of rotatable bonds is 3. The summed E-state index contributed by atoms with van der Waals surface area (Å²) in [5, 5.41) is 6.88. The third-order valence-corrected chi connectivity index (χ3v) is 5.78. The van der Waals surface area contributed by atoms with Gasteiger partial charge < -0.3 is 10.6 Å². The maximum Gasteiger partial charge on any atom is 0.319 e. The van der Waals surface area contributed by atoms with Gasteiger partial charge in [0.25, 0.3) is 0 Å². The number of aromatic nitrogens is 2. The lowest BCUT2D eigenvalue weighted by Gasteiger charge is -2.17. The van der Waals surface area contributed by atoms with Gasteiger partial charge in [-0.15, -0.1) is 0 Å². The van der Waals surface area contributed by atoms with Crippen LogP contribution in [0.1, 0.15) is 44.2 Å². The van der Waals surface area contributed by atoms with Crippen molar-refractivity contribution in [1.82, 2.24) is 15.3 Å². The number of fused-ring (bicyclic) bond motifs is 1. The van der Waals surface area contributed by atoms with Crippen molar-refractivity contribution in [2.75, 3.05) is 5.32 Å². The molecule has 0 bridgehead atoms. The van der Waals surface area contributed by atoms with Crippen LogP contribution in [0, 0.1) is 12.7 Å². The first-order valence-corrected chi connectivity index (χ1v) is 10.7. The summed E-state index contributed by atoms with van der Waals surface area (Å²) in [4.78, 5) is 21.1. The zero-order valence-electron chi connectivity index (χ0n) is 16.8. The van der Waals surface area contributed by atoms with E-state index in [4.69, 9.17) is 11.6 Å². The van der Waals surface area contributed by atoms with Crippen molar-refractivity contribution in [3.63, 3.8) is 0 Å². The summed E-state index contributed by atoms with van der Waals surface area (Å²) in [5.41, 5.74) is 3.29. The van der Waals surface area contributed by atoms with E-state index in [0.717, 1.165) is 53.4 Å². The fourth-order valence-corrected chi connectivity index (χ4v) is 4.14. The van der Waals surface area contributed by atoms with Crippen molar-refractivity contribution in [2.24, 2.45) is 0 Å². The first-order chi connectivity index (χ1) is 14.5. The van der Waals surface area contributed by atoms with Gasteiger partial charge in [-0.25, -0.2) is 14.2 Å². The highest BCUT2D eigenvalue weighted by atomic mass is 35.5. The summed E-state index contributed by atoms with van der Waals surface area (Å²) in [6.07, 6.45) is 8.24. The molecule has 0 aliphatic heterocycles. The molecular formula is C23H24ClFN4O. The van der Waals surface area contributed by atoms with Crippen molar-refractivity contribution >= 4 is 34.2 Å². The van der Waals surface area contributed by atoms with E-state index in [2.05, 4.69) is 20.6 Å². The van der Waals surface area contributed by atoms with Crippen molar-refractivity contribution in [2.45, 2.75) is 51.5 Å². The number of amides is 2. The van der Waals surface area contributed by atoms with E-state index in [-0.39, 0.29) is 17.8 Å². The fourth-order valence-electron chi connectivity index (χ4n) is 3.99. The van der Waals surface area contributed by atoms with Gasteiger partial charge >= 0.3 is 6.03 Å². The number of hydrogen-bond donors (Lipinski definition) is 2. The average molecular weight is 427 g/mol. The molecule has 0 radical (unpaired) electrons. The number of benzene rings is 1. The zero-order valence-corrected chi connectivity index (χ0v) is 17.6. The van der Waals surface area contributed by atoms with Crippen LogP contribution in [0.4, 0.5) is 14.9 Å². The summed E-state index contributed by atoms with van der Waals surface area (Å²) in [6.45, 7) is 1.89. The number of nitrogens with one attached hydrogen (secondary N) is 2. The van der Waals surface area contributed by atoms with Gasteiger partial charge in [-0.3, -0.25) is 4.98 Å². The Morgan fingerprint density at radius 2 is 1.90 bits per heavy atom. The predicted octanol–water partition coefficient (Wildman–Crippen LogP) is 6.24. The van der Waals surface area contributed by atoms with Crippen LogP contribution in [-0.4, -0.2) is 22.0 Å². The van der Waals surface area contributed by atoms with Crippen LogP contribution in [0.15, 0.2) is 36.5 Å². The van der Waals surface area contributed by atoms with Gasteiger partial charge in [0.1, 0.15) is 11.0 Å². The molecule has 1 aliphatic rings. The highest BCUT2D eigenvalue weighted by Crippen LogP contribution is 2.30. The predicted molar refractivity (Wildman–Crippen MR) is 118 cm³/mol. The Balaban J connectivity index is 1.57. The summed E-state index contributed by atoms with van der Waals surface area (Å²) >= 11 is 5.95. The van der Waals surface area contributed by atoms with Gasteiger partial charge in [-0.2, -0.15) is 0 Å². The normalized spacial score (nSPS) is 15.0. The zero-order chi connectivity index (χ0) is 21.1. The molecule has 2 aromatic heterocycles. The smallest absolute Gasteiger partial charge is 0.319 e. The number of aryl methyl sites for hydroxylation is 1. The molecular weight excluding hydrogens is 403 g/mol. The summed E-state index contributed by atoms with van der Waals surface area (Å²) < 4.78 is 14.4. The van der Waals surface area contributed by atoms with Crippen molar-refractivity contribution < 1.29 is 9.18 Å². The van der Waals surface area contributed by atoms with Gasteiger partial charge in [0.15, 0.2) is 0 Å². The van der Waals surface area contributed by atoms with Crippen LogP contribution >= 0.6 is 11.6 Å². The van der Waals surface area contributed by atoms with Crippen LogP contribution in [0.2, 0.25) is 5.15 Å². The summed E-state index contributed by atoms with van der Waals surface area (Å²) in [5.74, 6) is -0.477. The van der Waals surface area contributed by atoms with E-state index in [9.17, 15) is 9.18 Å². The molecule has 0 saturated heterocycles. The number of carbonyl (C=O) groups is 1. The first kappa shape index (κ1) is 20.5. The molecule has 0 atom stereocenters.